The Balaban J connectivity index is 1.79. The Morgan fingerprint density at radius 2 is 1.77 bits per heavy atom. The lowest BCUT2D eigenvalue weighted by Crippen LogP contribution is -2.28. The second-order valence-electron chi connectivity index (χ2n) is 6.59. The first-order valence-electron chi connectivity index (χ1n) is 9.65. The minimum atomic E-state index is -0.205. The number of hydrogen-bond donors (Lipinski definition) is 1. The van der Waals surface area contributed by atoms with Crippen LogP contribution in [-0.2, 0) is 4.79 Å². The number of halogens is 1. The van der Waals surface area contributed by atoms with Crippen molar-refractivity contribution in [2.75, 3.05) is 11.5 Å². The van der Waals surface area contributed by atoms with E-state index in [0.717, 1.165) is 15.8 Å². The van der Waals surface area contributed by atoms with Gasteiger partial charge < -0.3 is 9.84 Å². The number of thioether (sulfide) groups is 1. The van der Waals surface area contributed by atoms with Crippen LogP contribution in [0.25, 0.3) is 6.08 Å². The SMILES string of the molecule is CCOc1cc(Br)cc(/C=C2\SC(=Nc3ccccc3)N(c3ccccc3)C2=O)c1O. The predicted octanol–water partition coefficient (Wildman–Crippen LogP) is 6.36. The van der Waals surface area contributed by atoms with Gasteiger partial charge in [0.2, 0.25) is 0 Å². The van der Waals surface area contributed by atoms with E-state index in [4.69, 9.17) is 9.73 Å². The van der Waals surface area contributed by atoms with Crippen LogP contribution >= 0.6 is 27.7 Å². The van der Waals surface area contributed by atoms with Gasteiger partial charge in [0.15, 0.2) is 16.7 Å². The minimum absolute atomic E-state index is 0.00865. The lowest BCUT2D eigenvalue weighted by molar-refractivity contribution is -0.113. The number of phenolic OH excluding ortho intramolecular Hbond substituents is 1. The van der Waals surface area contributed by atoms with Crippen molar-refractivity contribution in [1.82, 2.24) is 0 Å². The van der Waals surface area contributed by atoms with Crippen LogP contribution in [0.2, 0.25) is 0 Å². The summed E-state index contributed by atoms with van der Waals surface area (Å²) in [5.74, 6) is 0.145. The van der Waals surface area contributed by atoms with Crippen molar-refractivity contribution in [2.45, 2.75) is 6.92 Å². The maximum atomic E-state index is 13.3. The van der Waals surface area contributed by atoms with Crippen molar-refractivity contribution in [2.24, 2.45) is 4.99 Å². The summed E-state index contributed by atoms with van der Waals surface area (Å²) in [5, 5.41) is 11.2. The summed E-state index contributed by atoms with van der Waals surface area (Å²) in [6.07, 6.45) is 1.67. The van der Waals surface area contributed by atoms with Crippen LogP contribution in [-0.4, -0.2) is 22.8 Å². The molecular formula is C24H19BrN2O3S. The lowest BCUT2D eigenvalue weighted by Gasteiger charge is -2.15. The Hall–Kier alpha value is -3.03. The Morgan fingerprint density at radius 1 is 1.10 bits per heavy atom. The molecule has 1 saturated heterocycles. The molecule has 0 aromatic heterocycles. The van der Waals surface area contributed by atoms with E-state index in [1.165, 1.54) is 11.8 Å². The summed E-state index contributed by atoms with van der Waals surface area (Å²) in [4.78, 5) is 20.1. The topological polar surface area (TPSA) is 62.1 Å². The van der Waals surface area contributed by atoms with Gasteiger partial charge in [-0.25, -0.2) is 4.99 Å². The molecule has 0 atom stereocenters. The van der Waals surface area contributed by atoms with Gasteiger partial charge in [0.05, 0.1) is 22.9 Å². The van der Waals surface area contributed by atoms with E-state index in [9.17, 15) is 9.90 Å². The molecule has 1 N–H and O–H groups in total. The quantitative estimate of drug-likeness (QED) is 0.419. The number of benzene rings is 3. The first-order valence-corrected chi connectivity index (χ1v) is 11.3. The molecule has 0 unspecified atom stereocenters. The third kappa shape index (κ3) is 4.68. The highest BCUT2D eigenvalue weighted by molar-refractivity contribution is 9.10. The van der Waals surface area contributed by atoms with Gasteiger partial charge in [-0.2, -0.15) is 0 Å². The number of aromatic hydroxyl groups is 1. The number of anilines is 1. The van der Waals surface area contributed by atoms with Crippen molar-refractivity contribution < 1.29 is 14.6 Å². The standard InChI is InChI=1S/C24H19BrN2O3S/c1-2-30-20-15-17(25)13-16(22(20)28)14-21-23(29)27(19-11-7-4-8-12-19)24(31-21)26-18-9-5-3-6-10-18/h3-15,28H,2H2,1H3/b21-14-,26-24?. The first kappa shape index (κ1) is 21.2. The fraction of sp³-hybridized carbons (Fsp3) is 0.0833. The van der Waals surface area contributed by atoms with Crippen molar-refractivity contribution in [1.29, 1.82) is 0 Å². The number of carbonyl (C=O) groups is 1. The summed E-state index contributed by atoms with van der Waals surface area (Å²) < 4.78 is 6.25. The van der Waals surface area contributed by atoms with Crippen LogP contribution < -0.4 is 9.64 Å². The molecule has 1 aliphatic rings. The van der Waals surface area contributed by atoms with Crippen molar-refractivity contribution in [3.8, 4) is 11.5 Å². The van der Waals surface area contributed by atoms with E-state index in [-0.39, 0.29) is 11.7 Å². The van der Waals surface area contributed by atoms with Gasteiger partial charge in [0, 0.05) is 10.0 Å². The first-order chi connectivity index (χ1) is 15.1. The van der Waals surface area contributed by atoms with Crippen LogP contribution in [0.15, 0.2) is 87.2 Å². The highest BCUT2D eigenvalue weighted by Gasteiger charge is 2.35. The van der Waals surface area contributed by atoms with Crippen LogP contribution in [0, 0.1) is 0 Å². The molecule has 0 aliphatic carbocycles. The number of nitrogens with zero attached hydrogens (tertiary/aromatic N) is 2. The fourth-order valence-corrected chi connectivity index (χ4v) is 4.52. The number of aliphatic imine (C=N–C) groups is 1. The number of amides is 1. The number of phenols is 1. The molecule has 156 valence electrons. The minimum Gasteiger partial charge on any atom is -0.504 e. The molecule has 0 bridgehead atoms. The van der Waals surface area contributed by atoms with Crippen LogP contribution in [0.5, 0.6) is 11.5 Å². The number of amidine groups is 1. The van der Waals surface area contributed by atoms with Crippen molar-refractivity contribution in [3.05, 3.63) is 87.7 Å². The third-order valence-corrected chi connectivity index (χ3v) is 5.88. The molecule has 7 heteroatoms. The van der Waals surface area contributed by atoms with Crippen LogP contribution in [0.4, 0.5) is 11.4 Å². The third-order valence-electron chi connectivity index (χ3n) is 4.46. The molecule has 0 saturated carbocycles. The Kier molecular flexibility index (Phi) is 6.44. The number of hydrogen-bond acceptors (Lipinski definition) is 5. The zero-order valence-corrected chi connectivity index (χ0v) is 19.1. The highest BCUT2D eigenvalue weighted by Crippen LogP contribution is 2.40. The number of carbonyl (C=O) groups excluding carboxylic acids is 1. The molecule has 1 heterocycles. The molecule has 3 aromatic carbocycles. The molecule has 0 radical (unpaired) electrons. The van der Waals surface area contributed by atoms with E-state index >= 15 is 0 Å². The normalized spacial score (nSPS) is 16.3. The summed E-state index contributed by atoms with van der Waals surface area (Å²) in [7, 11) is 0. The van der Waals surface area contributed by atoms with Gasteiger partial charge >= 0.3 is 0 Å². The van der Waals surface area contributed by atoms with E-state index in [0.29, 0.717) is 28.0 Å². The summed E-state index contributed by atoms with van der Waals surface area (Å²) >= 11 is 4.71. The molecule has 0 spiro atoms. The van der Waals surface area contributed by atoms with E-state index < -0.39 is 0 Å². The Morgan fingerprint density at radius 3 is 2.45 bits per heavy atom. The summed E-state index contributed by atoms with van der Waals surface area (Å²) in [5.41, 5.74) is 1.97. The molecule has 31 heavy (non-hydrogen) atoms. The van der Waals surface area contributed by atoms with Gasteiger partial charge in [0.25, 0.3) is 5.91 Å². The van der Waals surface area contributed by atoms with Crippen molar-refractivity contribution in [3.63, 3.8) is 0 Å². The molecule has 1 fully saturated rings. The smallest absolute Gasteiger partial charge is 0.271 e. The maximum absolute atomic E-state index is 13.3. The second-order valence-corrected chi connectivity index (χ2v) is 8.52. The monoisotopic (exact) mass is 494 g/mol. The number of para-hydroxylation sites is 2. The highest BCUT2D eigenvalue weighted by atomic mass is 79.9. The van der Waals surface area contributed by atoms with E-state index in [1.807, 2.05) is 67.6 Å². The lowest BCUT2D eigenvalue weighted by atomic mass is 10.1. The Labute approximate surface area is 193 Å². The summed E-state index contributed by atoms with van der Waals surface area (Å²) in [6.45, 7) is 2.27. The molecule has 1 aliphatic heterocycles. The van der Waals surface area contributed by atoms with Crippen LogP contribution in [0.1, 0.15) is 12.5 Å². The number of rotatable bonds is 5. The summed E-state index contributed by atoms with van der Waals surface area (Å²) in [6, 6.07) is 22.3. The second kappa shape index (κ2) is 9.41. The molecule has 1 amide bonds. The largest absolute Gasteiger partial charge is 0.504 e. The van der Waals surface area contributed by atoms with Crippen LogP contribution in [0.3, 0.4) is 0 Å². The maximum Gasteiger partial charge on any atom is 0.271 e. The average molecular weight is 495 g/mol. The molecule has 5 nitrogen and oxygen atoms in total. The Bertz CT molecular complexity index is 1160. The van der Waals surface area contributed by atoms with E-state index in [2.05, 4.69) is 15.9 Å². The van der Waals surface area contributed by atoms with Gasteiger partial charge in [-0.3, -0.25) is 9.69 Å². The van der Waals surface area contributed by atoms with Crippen molar-refractivity contribution >= 4 is 56.2 Å². The van der Waals surface area contributed by atoms with Gasteiger partial charge in [0.1, 0.15) is 0 Å². The zero-order valence-electron chi connectivity index (χ0n) is 16.7. The molecule has 3 aromatic rings. The predicted molar refractivity (Wildman–Crippen MR) is 130 cm³/mol. The molecular weight excluding hydrogens is 476 g/mol. The van der Waals surface area contributed by atoms with Gasteiger partial charge in [-0.1, -0.05) is 52.3 Å². The van der Waals surface area contributed by atoms with E-state index in [1.54, 1.807) is 23.1 Å². The zero-order chi connectivity index (χ0) is 21.8. The molecule has 4 rings (SSSR count). The fourth-order valence-electron chi connectivity index (χ4n) is 3.08. The number of ether oxygens (including phenoxy) is 1. The van der Waals surface area contributed by atoms with Gasteiger partial charge in [-0.15, -0.1) is 0 Å². The average Bonchev–Trinajstić information content (AvgIpc) is 3.07. The van der Waals surface area contributed by atoms with Gasteiger partial charge in [-0.05, 0) is 61.2 Å².